The van der Waals surface area contributed by atoms with E-state index in [2.05, 4.69) is 10.6 Å². The van der Waals surface area contributed by atoms with Gasteiger partial charge >= 0.3 is 6.09 Å². The second-order valence-corrected chi connectivity index (χ2v) is 11.9. The van der Waals surface area contributed by atoms with E-state index in [9.17, 15) is 29.4 Å². The first kappa shape index (κ1) is 28.9. The van der Waals surface area contributed by atoms with Crippen LogP contribution in [0.4, 0.5) is 4.79 Å². The molecule has 2 fully saturated rings. The molecule has 1 unspecified atom stereocenters. The molecule has 1 heterocycles. The Hall–Kier alpha value is -2.65. The van der Waals surface area contributed by atoms with Gasteiger partial charge in [0, 0.05) is 35.9 Å². The van der Waals surface area contributed by atoms with Crippen molar-refractivity contribution in [1.82, 2.24) is 15.5 Å². The first-order chi connectivity index (χ1) is 17.2. The van der Waals surface area contributed by atoms with Crippen molar-refractivity contribution in [2.45, 2.75) is 77.0 Å². The van der Waals surface area contributed by atoms with Gasteiger partial charge in [0.15, 0.2) is 0 Å². The quantitative estimate of drug-likeness (QED) is 0.377. The lowest BCUT2D eigenvalue weighted by atomic mass is 9.66. The van der Waals surface area contributed by atoms with Gasteiger partial charge < -0.3 is 30.5 Å². The zero-order valence-electron chi connectivity index (χ0n) is 21.9. The molecule has 4 N–H and O–H groups in total. The van der Waals surface area contributed by atoms with E-state index in [0.29, 0.717) is 43.7 Å². The molecule has 204 valence electrons. The molecule has 2 aliphatic rings. The van der Waals surface area contributed by atoms with Crippen LogP contribution in [-0.2, 0) is 20.0 Å². The standard InChI is InChI=1S/C27H38ClN3O6/c1-17(2)21(29-22(33)18-9-10-26(15-18,12-14-32)30-24(35)36)23(34)31-13-11-27(37,25(3,4)16-31)19-5-7-20(28)8-6-19/h5-8,14,17-18,21,30,37H,9-13,15-16H2,1-4H3,(H,29,33)(H,35,36)/t18-,21-,26?,27+/m1/s1. The van der Waals surface area contributed by atoms with E-state index in [4.69, 9.17) is 11.6 Å². The molecule has 10 heteroatoms. The number of carbonyl (C=O) groups is 4. The number of carboxylic acid groups (broad SMARTS) is 1. The molecule has 4 atom stereocenters. The van der Waals surface area contributed by atoms with Crippen molar-refractivity contribution in [1.29, 1.82) is 0 Å². The number of hydrogen-bond donors (Lipinski definition) is 4. The number of aldehydes is 1. The van der Waals surface area contributed by atoms with Gasteiger partial charge in [-0.25, -0.2) is 4.79 Å². The molecule has 9 nitrogen and oxygen atoms in total. The molecule has 1 aromatic carbocycles. The summed E-state index contributed by atoms with van der Waals surface area (Å²) in [5.74, 6) is -1.22. The number of hydrogen-bond acceptors (Lipinski definition) is 5. The van der Waals surface area contributed by atoms with Crippen LogP contribution >= 0.6 is 11.6 Å². The highest BCUT2D eigenvalue weighted by Crippen LogP contribution is 2.46. The molecule has 1 aliphatic heterocycles. The molecule has 0 spiro atoms. The van der Waals surface area contributed by atoms with Crippen LogP contribution < -0.4 is 10.6 Å². The molecule has 1 saturated heterocycles. The molecular weight excluding hydrogens is 498 g/mol. The third-order valence-corrected chi connectivity index (χ3v) is 8.39. The molecule has 0 radical (unpaired) electrons. The molecule has 0 aromatic heterocycles. The van der Waals surface area contributed by atoms with Gasteiger partial charge in [0.05, 0.1) is 11.1 Å². The Morgan fingerprint density at radius 3 is 2.38 bits per heavy atom. The van der Waals surface area contributed by atoms with Gasteiger partial charge in [-0.3, -0.25) is 9.59 Å². The highest BCUT2D eigenvalue weighted by Gasteiger charge is 2.50. The lowest BCUT2D eigenvalue weighted by Gasteiger charge is -2.51. The maximum atomic E-state index is 13.6. The average molecular weight is 536 g/mol. The highest BCUT2D eigenvalue weighted by atomic mass is 35.5. The molecule has 0 bridgehead atoms. The number of piperidine rings is 1. The van der Waals surface area contributed by atoms with Gasteiger partial charge in [0.25, 0.3) is 0 Å². The number of amides is 3. The summed E-state index contributed by atoms with van der Waals surface area (Å²) in [6.07, 6.45) is 0.764. The molecule has 37 heavy (non-hydrogen) atoms. The Morgan fingerprint density at radius 1 is 1.19 bits per heavy atom. The third-order valence-electron chi connectivity index (χ3n) is 8.14. The van der Waals surface area contributed by atoms with Crippen molar-refractivity contribution in [3.8, 4) is 0 Å². The number of aliphatic hydroxyl groups is 1. The Kier molecular flexibility index (Phi) is 8.59. The van der Waals surface area contributed by atoms with Crippen LogP contribution in [0.1, 0.15) is 65.4 Å². The maximum absolute atomic E-state index is 13.6. The van der Waals surface area contributed by atoms with Crippen molar-refractivity contribution in [2.75, 3.05) is 13.1 Å². The summed E-state index contributed by atoms with van der Waals surface area (Å²) in [6.45, 7) is 8.20. The number of nitrogens with one attached hydrogen (secondary N) is 2. The van der Waals surface area contributed by atoms with Crippen LogP contribution in [0.25, 0.3) is 0 Å². The molecule has 3 amide bonds. The molecular formula is C27H38ClN3O6. The Labute approximate surface area is 222 Å². The van der Waals surface area contributed by atoms with E-state index in [1.165, 1.54) is 0 Å². The second kappa shape index (κ2) is 11.0. The van der Waals surface area contributed by atoms with Crippen LogP contribution in [0.5, 0.6) is 0 Å². The fraction of sp³-hybridized carbons (Fsp3) is 0.630. The van der Waals surface area contributed by atoms with Crippen LogP contribution in [0, 0.1) is 17.3 Å². The van der Waals surface area contributed by atoms with Crippen LogP contribution in [0.3, 0.4) is 0 Å². The van der Waals surface area contributed by atoms with Crippen LogP contribution in [-0.4, -0.2) is 64.0 Å². The van der Waals surface area contributed by atoms with Gasteiger partial charge in [0.2, 0.25) is 11.8 Å². The van der Waals surface area contributed by atoms with Gasteiger partial charge in [0.1, 0.15) is 12.3 Å². The van der Waals surface area contributed by atoms with E-state index in [1.807, 2.05) is 39.8 Å². The summed E-state index contributed by atoms with van der Waals surface area (Å²) in [6, 6.07) is 6.34. The summed E-state index contributed by atoms with van der Waals surface area (Å²) >= 11 is 6.02. The number of nitrogens with zero attached hydrogens (tertiary/aromatic N) is 1. The van der Waals surface area contributed by atoms with Gasteiger partial charge in [-0.15, -0.1) is 0 Å². The van der Waals surface area contributed by atoms with Crippen LogP contribution in [0.2, 0.25) is 5.02 Å². The Bertz CT molecular complexity index is 1030. The predicted molar refractivity (Wildman–Crippen MR) is 139 cm³/mol. The summed E-state index contributed by atoms with van der Waals surface area (Å²) in [7, 11) is 0. The predicted octanol–water partition coefficient (Wildman–Crippen LogP) is 3.32. The van der Waals surface area contributed by atoms with Crippen molar-refractivity contribution in [3.05, 3.63) is 34.9 Å². The number of likely N-dealkylation sites (tertiary alicyclic amines) is 1. The smallest absolute Gasteiger partial charge is 0.405 e. The van der Waals surface area contributed by atoms with Gasteiger partial charge in [-0.1, -0.05) is 51.4 Å². The number of rotatable bonds is 8. The second-order valence-electron chi connectivity index (χ2n) is 11.5. The minimum atomic E-state index is -1.23. The summed E-state index contributed by atoms with van der Waals surface area (Å²) in [5, 5.41) is 26.7. The SMILES string of the molecule is CC(C)[C@@H](NC(=O)[C@@H]1CCC(CC=O)(NC(=O)O)C1)C(=O)N1CC[C@](O)(c2ccc(Cl)cc2)C(C)(C)C1. The number of benzene rings is 1. The Balaban J connectivity index is 1.71. The number of halogens is 1. The normalized spacial score (nSPS) is 28.0. The first-order valence-corrected chi connectivity index (χ1v) is 13.1. The maximum Gasteiger partial charge on any atom is 0.405 e. The van der Waals surface area contributed by atoms with Crippen LogP contribution in [0.15, 0.2) is 24.3 Å². The van der Waals surface area contributed by atoms with Gasteiger partial charge in [-0.2, -0.15) is 0 Å². The van der Waals surface area contributed by atoms with E-state index in [0.717, 1.165) is 5.56 Å². The van der Waals surface area contributed by atoms with Crippen molar-refractivity contribution >= 4 is 35.8 Å². The third kappa shape index (κ3) is 6.09. The van der Waals surface area contributed by atoms with E-state index in [-0.39, 0.29) is 30.6 Å². The largest absolute Gasteiger partial charge is 0.465 e. The molecule has 1 saturated carbocycles. The highest BCUT2D eigenvalue weighted by molar-refractivity contribution is 6.30. The fourth-order valence-corrected chi connectivity index (χ4v) is 5.96. The zero-order chi connectivity index (χ0) is 27.6. The zero-order valence-corrected chi connectivity index (χ0v) is 22.7. The lowest BCUT2D eigenvalue weighted by molar-refractivity contribution is -0.157. The Morgan fingerprint density at radius 2 is 1.84 bits per heavy atom. The fourth-order valence-electron chi connectivity index (χ4n) is 5.84. The van der Waals surface area contributed by atoms with E-state index in [1.54, 1.807) is 17.0 Å². The molecule has 1 aromatic rings. The van der Waals surface area contributed by atoms with Crippen molar-refractivity contribution in [2.24, 2.45) is 17.3 Å². The summed E-state index contributed by atoms with van der Waals surface area (Å²) < 4.78 is 0. The summed E-state index contributed by atoms with van der Waals surface area (Å²) in [5.41, 5.74) is -2.02. The summed E-state index contributed by atoms with van der Waals surface area (Å²) in [4.78, 5) is 50.9. The monoisotopic (exact) mass is 535 g/mol. The van der Waals surface area contributed by atoms with Gasteiger partial charge in [-0.05, 0) is 49.3 Å². The minimum absolute atomic E-state index is 0.00495. The van der Waals surface area contributed by atoms with Crippen molar-refractivity contribution < 1.29 is 29.4 Å². The van der Waals surface area contributed by atoms with Crippen molar-refractivity contribution in [3.63, 3.8) is 0 Å². The molecule has 3 rings (SSSR count). The topological polar surface area (TPSA) is 136 Å². The average Bonchev–Trinajstić information content (AvgIpc) is 3.22. The molecule has 1 aliphatic carbocycles. The van der Waals surface area contributed by atoms with E-state index >= 15 is 0 Å². The number of carbonyl (C=O) groups excluding carboxylic acids is 3. The van der Waals surface area contributed by atoms with E-state index < -0.39 is 34.6 Å². The lowest BCUT2D eigenvalue weighted by Crippen LogP contribution is -2.60. The first-order valence-electron chi connectivity index (χ1n) is 12.8. The minimum Gasteiger partial charge on any atom is -0.465 e.